The number of rotatable bonds is 3. The molecule has 1 unspecified atom stereocenters. The molecule has 2 rings (SSSR count). The number of thiophene rings is 2. The van der Waals surface area contributed by atoms with E-state index in [1.807, 2.05) is 19.1 Å². The van der Waals surface area contributed by atoms with E-state index >= 15 is 0 Å². The fraction of sp³-hybridized carbons (Fsp3) is 0.182. The van der Waals surface area contributed by atoms with E-state index in [0.717, 1.165) is 17.5 Å². The zero-order valence-corrected chi connectivity index (χ0v) is 14.7. The van der Waals surface area contributed by atoms with Gasteiger partial charge in [-0.2, -0.15) is 0 Å². The summed E-state index contributed by atoms with van der Waals surface area (Å²) < 4.78 is 2.54. The molecule has 0 saturated carbocycles. The molecule has 1 amide bonds. The monoisotopic (exact) mass is 427 g/mol. The molecule has 0 saturated heterocycles. The van der Waals surface area contributed by atoms with Crippen molar-refractivity contribution in [3.8, 4) is 0 Å². The van der Waals surface area contributed by atoms with Gasteiger partial charge >= 0.3 is 0 Å². The van der Waals surface area contributed by atoms with Crippen LogP contribution in [0.1, 0.15) is 27.5 Å². The van der Waals surface area contributed by atoms with Crippen LogP contribution in [0.25, 0.3) is 0 Å². The summed E-state index contributed by atoms with van der Waals surface area (Å²) in [6, 6.07) is 5.52. The van der Waals surface area contributed by atoms with E-state index < -0.39 is 0 Å². The molecular formula is C11H8Br2ClNOS2. The highest BCUT2D eigenvalue weighted by atomic mass is 79.9. The summed E-state index contributed by atoms with van der Waals surface area (Å²) in [6.45, 7) is 1.94. The van der Waals surface area contributed by atoms with Crippen LogP contribution in [0.3, 0.4) is 0 Å². The van der Waals surface area contributed by atoms with Crippen molar-refractivity contribution in [3.05, 3.63) is 40.5 Å². The number of amides is 1. The molecule has 0 aliphatic rings. The summed E-state index contributed by atoms with van der Waals surface area (Å²) in [4.78, 5) is 13.7. The van der Waals surface area contributed by atoms with Crippen molar-refractivity contribution >= 4 is 72.0 Å². The summed E-state index contributed by atoms with van der Waals surface area (Å²) in [6.07, 6.45) is 0. The Morgan fingerprint density at radius 3 is 2.61 bits per heavy atom. The first-order valence-corrected chi connectivity index (χ1v) is 8.58. The lowest BCUT2D eigenvalue weighted by atomic mass is 10.2. The van der Waals surface area contributed by atoms with Crippen LogP contribution < -0.4 is 5.32 Å². The second-order valence-corrected chi connectivity index (χ2v) is 8.54. The average molecular weight is 430 g/mol. The Kier molecular flexibility index (Phi) is 4.88. The fourth-order valence-electron chi connectivity index (χ4n) is 1.36. The Labute approximate surface area is 135 Å². The molecule has 7 heteroatoms. The highest BCUT2D eigenvalue weighted by Crippen LogP contribution is 2.33. The Bertz CT molecular complexity index is 562. The molecule has 96 valence electrons. The highest BCUT2D eigenvalue weighted by molar-refractivity contribution is 9.13. The fourth-order valence-corrected chi connectivity index (χ4v) is 4.36. The number of carbonyl (C=O) groups is 1. The van der Waals surface area contributed by atoms with Gasteiger partial charge in [0.15, 0.2) is 0 Å². The first-order valence-electron chi connectivity index (χ1n) is 4.98. The predicted molar refractivity (Wildman–Crippen MR) is 84.9 cm³/mol. The van der Waals surface area contributed by atoms with Crippen LogP contribution >= 0.6 is 66.1 Å². The lowest BCUT2D eigenvalue weighted by Crippen LogP contribution is -2.25. The van der Waals surface area contributed by atoms with Gasteiger partial charge in [0, 0.05) is 9.35 Å². The second kappa shape index (κ2) is 6.05. The van der Waals surface area contributed by atoms with Gasteiger partial charge in [-0.25, -0.2) is 0 Å². The molecule has 0 aliphatic heterocycles. The van der Waals surface area contributed by atoms with Crippen LogP contribution in [0.2, 0.25) is 4.34 Å². The quantitative estimate of drug-likeness (QED) is 0.688. The molecule has 2 heterocycles. The lowest BCUT2D eigenvalue weighted by Gasteiger charge is -2.10. The molecule has 1 atom stereocenters. The smallest absolute Gasteiger partial charge is 0.261 e. The van der Waals surface area contributed by atoms with Crippen LogP contribution in [0.5, 0.6) is 0 Å². The van der Waals surface area contributed by atoms with E-state index in [1.54, 1.807) is 6.07 Å². The molecule has 0 spiro atoms. The van der Waals surface area contributed by atoms with Crippen molar-refractivity contribution in [3.63, 3.8) is 0 Å². The van der Waals surface area contributed by atoms with Gasteiger partial charge in [0.2, 0.25) is 0 Å². The van der Waals surface area contributed by atoms with Crippen molar-refractivity contribution in [1.82, 2.24) is 5.32 Å². The number of carbonyl (C=O) groups excluding carboxylic acids is 1. The third kappa shape index (κ3) is 3.36. The maximum absolute atomic E-state index is 12.0. The van der Waals surface area contributed by atoms with Gasteiger partial charge < -0.3 is 5.32 Å². The van der Waals surface area contributed by atoms with Gasteiger partial charge in [-0.3, -0.25) is 4.79 Å². The van der Waals surface area contributed by atoms with Gasteiger partial charge in [-0.05, 0) is 57.0 Å². The van der Waals surface area contributed by atoms with Gasteiger partial charge in [0.1, 0.15) is 0 Å². The van der Waals surface area contributed by atoms with Gasteiger partial charge in [-0.1, -0.05) is 11.6 Å². The molecule has 2 nitrogen and oxygen atoms in total. The number of halogens is 3. The van der Waals surface area contributed by atoms with Gasteiger partial charge in [-0.15, -0.1) is 22.7 Å². The maximum atomic E-state index is 12.0. The predicted octanol–water partition coefficient (Wildman–Crippen LogP) is 5.48. The van der Waals surface area contributed by atoms with Crippen molar-refractivity contribution in [1.29, 1.82) is 0 Å². The lowest BCUT2D eigenvalue weighted by molar-refractivity contribution is 0.0944. The first kappa shape index (κ1) is 14.5. The number of nitrogens with one attached hydrogen (secondary N) is 1. The zero-order valence-electron chi connectivity index (χ0n) is 9.17. The average Bonchev–Trinajstić information content (AvgIpc) is 2.86. The molecule has 2 aromatic rings. The summed E-state index contributed by atoms with van der Waals surface area (Å²) in [5.74, 6) is -0.0802. The topological polar surface area (TPSA) is 29.1 Å². The van der Waals surface area contributed by atoms with Crippen LogP contribution in [-0.4, -0.2) is 5.91 Å². The molecule has 18 heavy (non-hydrogen) atoms. The molecular weight excluding hydrogens is 422 g/mol. The van der Waals surface area contributed by atoms with E-state index in [-0.39, 0.29) is 11.9 Å². The normalized spacial score (nSPS) is 12.4. The van der Waals surface area contributed by atoms with E-state index in [0.29, 0.717) is 4.88 Å². The van der Waals surface area contributed by atoms with Crippen LogP contribution in [0.4, 0.5) is 0 Å². The minimum absolute atomic E-state index is 0.0466. The molecule has 0 radical (unpaired) electrons. The summed E-state index contributed by atoms with van der Waals surface area (Å²) >= 11 is 15.5. The summed E-state index contributed by atoms with van der Waals surface area (Å²) in [5.41, 5.74) is 0. The van der Waals surface area contributed by atoms with Crippen molar-refractivity contribution in [2.75, 3.05) is 0 Å². The molecule has 1 N–H and O–H groups in total. The Balaban J connectivity index is 2.07. The maximum Gasteiger partial charge on any atom is 0.261 e. The minimum Gasteiger partial charge on any atom is -0.344 e. The largest absolute Gasteiger partial charge is 0.344 e. The van der Waals surface area contributed by atoms with Crippen LogP contribution in [0, 0.1) is 0 Å². The number of hydrogen-bond donors (Lipinski definition) is 1. The van der Waals surface area contributed by atoms with Crippen molar-refractivity contribution in [2.24, 2.45) is 0 Å². The van der Waals surface area contributed by atoms with E-state index in [4.69, 9.17) is 11.6 Å². The standard InChI is InChI=1S/C11H8Br2ClNOS2/c1-5(7-2-3-9(14)17-7)15-11(16)8-4-6(12)10(13)18-8/h2-5H,1H3,(H,15,16). The third-order valence-electron chi connectivity index (χ3n) is 2.24. The molecule has 0 bridgehead atoms. The summed E-state index contributed by atoms with van der Waals surface area (Å²) in [5, 5.41) is 2.95. The Hall–Kier alpha value is 0.120. The van der Waals surface area contributed by atoms with Gasteiger partial charge in [0.25, 0.3) is 5.91 Å². The SMILES string of the molecule is CC(NC(=O)c1cc(Br)c(Br)s1)c1ccc(Cl)s1. The van der Waals surface area contributed by atoms with Crippen LogP contribution in [0.15, 0.2) is 26.5 Å². The minimum atomic E-state index is -0.0802. The highest BCUT2D eigenvalue weighted by Gasteiger charge is 2.16. The first-order chi connectivity index (χ1) is 8.47. The van der Waals surface area contributed by atoms with E-state index in [9.17, 15) is 4.79 Å². The molecule has 0 fully saturated rings. The Morgan fingerprint density at radius 1 is 1.39 bits per heavy atom. The third-order valence-corrected chi connectivity index (χ3v) is 6.91. The van der Waals surface area contributed by atoms with E-state index in [1.165, 1.54) is 22.7 Å². The molecule has 0 aromatic carbocycles. The molecule has 0 aliphatic carbocycles. The second-order valence-electron chi connectivity index (χ2n) is 3.57. The van der Waals surface area contributed by atoms with Crippen molar-refractivity contribution in [2.45, 2.75) is 13.0 Å². The zero-order chi connectivity index (χ0) is 13.3. The molecule has 2 aromatic heterocycles. The summed E-state index contributed by atoms with van der Waals surface area (Å²) in [7, 11) is 0. The van der Waals surface area contributed by atoms with E-state index in [2.05, 4.69) is 37.2 Å². The van der Waals surface area contributed by atoms with Crippen molar-refractivity contribution < 1.29 is 4.79 Å². The number of hydrogen-bond acceptors (Lipinski definition) is 3. The van der Waals surface area contributed by atoms with Gasteiger partial charge in [0.05, 0.1) is 19.0 Å². The van der Waals surface area contributed by atoms with Crippen LogP contribution in [-0.2, 0) is 0 Å². The Morgan fingerprint density at radius 2 is 2.11 bits per heavy atom.